The van der Waals surface area contributed by atoms with Crippen LogP contribution < -0.4 is 10.6 Å². The Kier molecular flexibility index (Phi) is 8.73. The molecule has 0 aromatic rings. The van der Waals surface area contributed by atoms with E-state index >= 15 is 0 Å². The van der Waals surface area contributed by atoms with Crippen molar-refractivity contribution < 1.29 is 19.5 Å². The number of thioether (sulfide) groups is 1. The molecule has 102 valence electrons. The van der Waals surface area contributed by atoms with Crippen molar-refractivity contribution in [3.63, 3.8) is 0 Å². The maximum Gasteiger partial charge on any atom is 0.326 e. The van der Waals surface area contributed by atoms with Gasteiger partial charge in [-0.25, -0.2) is 4.79 Å². The summed E-state index contributed by atoms with van der Waals surface area (Å²) in [7, 11) is 0. The molecule has 2 amide bonds. The molecule has 0 saturated heterocycles. The number of aliphatic carboxylic acids is 1. The highest BCUT2D eigenvalue weighted by atomic mass is 32.2. The van der Waals surface area contributed by atoms with Gasteiger partial charge in [-0.3, -0.25) is 9.59 Å². The van der Waals surface area contributed by atoms with Crippen LogP contribution in [-0.4, -0.2) is 47.0 Å². The first-order valence-electron chi connectivity index (χ1n) is 5.45. The topological polar surface area (TPSA) is 95.5 Å². The third-order valence-electron chi connectivity index (χ3n) is 2.13. The van der Waals surface area contributed by atoms with Crippen LogP contribution in [0.1, 0.15) is 13.3 Å². The highest BCUT2D eigenvalue weighted by molar-refractivity contribution is 8.00. The van der Waals surface area contributed by atoms with E-state index in [-0.39, 0.29) is 17.6 Å². The molecular weight excluding hydrogens is 256 g/mol. The van der Waals surface area contributed by atoms with Crippen LogP contribution in [-0.2, 0) is 14.4 Å². The minimum absolute atomic E-state index is 0.116. The van der Waals surface area contributed by atoms with Crippen molar-refractivity contribution in [3.05, 3.63) is 12.7 Å². The first kappa shape index (κ1) is 16.5. The van der Waals surface area contributed by atoms with E-state index in [0.29, 0.717) is 18.7 Å². The molecule has 0 aromatic carbocycles. The van der Waals surface area contributed by atoms with Gasteiger partial charge in [0, 0.05) is 6.54 Å². The van der Waals surface area contributed by atoms with E-state index in [9.17, 15) is 14.4 Å². The minimum atomic E-state index is -1.08. The van der Waals surface area contributed by atoms with Gasteiger partial charge in [-0.05, 0) is 19.1 Å². The predicted molar refractivity (Wildman–Crippen MR) is 70.4 cm³/mol. The monoisotopic (exact) mass is 274 g/mol. The highest BCUT2D eigenvalue weighted by Crippen LogP contribution is 2.13. The van der Waals surface area contributed by atoms with Gasteiger partial charge < -0.3 is 15.7 Å². The zero-order chi connectivity index (χ0) is 14.0. The summed E-state index contributed by atoms with van der Waals surface area (Å²) >= 11 is 1.34. The molecule has 0 fully saturated rings. The van der Waals surface area contributed by atoms with Gasteiger partial charge in [-0.2, -0.15) is 0 Å². The largest absolute Gasteiger partial charge is 0.480 e. The van der Waals surface area contributed by atoms with Gasteiger partial charge >= 0.3 is 5.97 Å². The minimum Gasteiger partial charge on any atom is -0.480 e. The van der Waals surface area contributed by atoms with E-state index in [1.165, 1.54) is 11.8 Å². The maximum absolute atomic E-state index is 11.5. The van der Waals surface area contributed by atoms with Gasteiger partial charge in [-0.1, -0.05) is 6.08 Å². The normalized spacial score (nSPS) is 13.2. The fourth-order valence-corrected chi connectivity index (χ4v) is 2.08. The summed E-state index contributed by atoms with van der Waals surface area (Å²) in [5.41, 5.74) is 0. The standard InChI is InChI=1S/C11H18N2O4S/c1-3-5-12-10(15)8(2)18-6-4-9(11(16)17)13-7-14/h3,7-9H,1,4-6H2,2H3,(H,12,15)(H,13,14)(H,16,17). The molecule has 3 N–H and O–H groups in total. The van der Waals surface area contributed by atoms with Crippen LogP contribution in [0.25, 0.3) is 0 Å². The fourth-order valence-electron chi connectivity index (χ4n) is 1.12. The number of amides is 2. The second-order valence-electron chi connectivity index (χ2n) is 3.51. The SMILES string of the molecule is C=CCNC(=O)C(C)SCCC(NC=O)C(=O)O. The number of carbonyl (C=O) groups is 3. The quantitative estimate of drug-likeness (QED) is 0.385. The Labute approximate surface area is 110 Å². The lowest BCUT2D eigenvalue weighted by molar-refractivity contribution is -0.140. The van der Waals surface area contributed by atoms with Gasteiger partial charge in [0.1, 0.15) is 6.04 Å². The van der Waals surface area contributed by atoms with Crippen LogP contribution in [0.2, 0.25) is 0 Å². The zero-order valence-electron chi connectivity index (χ0n) is 10.2. The van der Waals surface area contributed by atoms with Crippen molar-refractivity contribution in [3.8, 4) is 0 Å². The van der Waals surface area contributed by atoms with E-state index in [0.717, 1.165) is 0 Å². The average molecular weight is 274 g/mol. The summed E-state index contributed by atoms with van der Waals surface area (Å²) in [6, 6.07) is -0.904. The van der Waals surface area contributed by atoms with E-state index < -0.39 is 12.0 Å². The third-order valence-corrected chi connectivity index (χ3v) is 3.32. The summed E-state index contributed by atoms with van der Waals surface area (Å²) in [5, 5.41) is 13.4. The second-order valence-corrected chi connectivity index (χ2v) is 4.96. The van der Waals surface area contributed by atoms with Crippen LogP contribution in [0.3, 0.4) is 0 Å². The molecule has 0 rings (SSSR count). The van der Waals surface area contributed by atoms with Crippen molar-refractivity contribution in [2.24, 2.45) is 0 Å². The summed E-state index contributed by atoms with van der Waals surface area (Å²) in [4.78, 5) is 32.4. The predicted octanol–water partition coefficient (Wildman–Crippen LogP) is -0.000400. The molecule has 0 radical (unpaired) electrons. The third kappa shape index (κ3) is 6.95. The highest BCUT2D eigenvalue weighted by Gasteiger charge is 2.18. The van der Waals surface area contributed by atoms with E-state index in [1.54, 1.807) is 13.0 Å². The molecule has 2 unspecified atom stereocenters. The van der Waals surface area contributed by atoms with Gasteiger partial charge in [0.15, 0.2) is 0 Å². The number of hydrogen-bond donors (Lipinski definition) is 3. The Morgan fingerprint density at radius 3 is 2.67 bits per heavy atom. The second kappa shape index (κ2) is 9.52. The lowest BCUT2D eigenvalue weighted by Gasteiger charge is -2.13. The van der Waals surface area contributed by atoms with Crippen molar-refractivity contribution in [2.45, 2.75) is 24.6 Å². The number of nitrogens with one attached hydrogen (secondary N) is 2. The van der Waals surface area contributed by atoms with Crippen molar-refractivity contribution in [1.29, 1.82) is 0 Å². The Morgan fingerprint density at radius 2 is 2.17 bits per heavy atom. The molecule has 0 bridgehead atoms. The number of carboxylic acid groups (broad SMARTS) is 1. The zero-order valence-corrected chi connectivity index (χ0v) is 11.0. The Balaban J connectivity index is 3.93. The van der Waals surface area contributed by atoms with Crippen LogP contribution in [0, 0.1) is 0 Å². The van der Waals surface area contributed by atoms with Crippen molar-refractivity contribution >= 4 is 30.0 Å². The van der Waals surface area contributed by atoms with Crippen molar-refractivity contribution in [1.82, 2.24) is 10.6 Å². The molecule has 0 spiro atoms. The fraction of sp³-hybridized carbons (Fsp3) is 0.545. The summed E-state index contributed by atoms with van der Waals surface area (Å²) < 4.78 is 0. The molecule has 18 heavy (non-hydrogen) atoms. The van der Waals surface area contributed by atoms with E-state index in [1.807, 2.05) is 0 Å². The maximum atomic E-state index is 11.5. The molecule has 0 heterocycles. The molecule has 0 aliphatic carbocycles. The molecule has 2 atom stereocenters. The van der Waals surface area contributed by atoms with Gasteiger partial charge in [-0.15, -0.1) is 18.3 Å². The average Bonchev–Trinajstić information content (AvgIpc) is 2.34. The Morgan fingerprint density at radius 1 is 1.50 bits per heavy atom. The summed E-state index contributed by atoms with van der Waals surface area (Å²) in [6.07, 6.45) is 2.23. The molecule has 7 heteroatoms. The van der Waals surface area contributed by atoms with E-state index in [4.69, 9.17) is 5.11 Å². The molecule has 0 aromatic heterocycles. The number of carboxylic acids is 1. The van der Waals surface area contributed by atoms with Crippen LogP contribution >= 0.6 is 11.8 Å². The molecule has 0 aliphatic rings. The molecule has 0 aliphatic heterocycles. The molecule has 0 saturated carbocycles. The van der Waals surface area contributed by atoms with Gasteiger partial charge in [0.25, 0.3) is 0 Å². The van der Waals surface area contributed by atoms with E-state index in [2.05, 4.69) is 17.2 Å². The molecule has 6 nitrogen and oxygen atoms in total. The Bertz CT molecular complexity index is 309. The van der Waals surface area contributed by atoms with Gasteiger partial charge in [0.2, 0.25) is 12.3 Å². The first-order chi connectivity index (χ1) is 8.52. The first-order valence-corrected chi connectivity index (χ1v) is 6.50. The van der Waals surface area contributed by atoms with Crippen LogP contribution in [0.5, 0.6) is 0 Å². The summed E-state index contributed by atoms with van der Waals surface area (Å²) in [6.45, 7) is 5.64. The van der Waals surface area contributed by atoms with Crippen LogP contribution in [0.4, 0.5) is 0 Å². The molecular formula is C11H18N2O4S. The summed E-state index contributed by atoms with van der Waals surface area (Å²) in [5.74, 6) is -0.720. The number of hydrogen-bond acceptors (Lipinski definition) is 4. The number of rotatable bonds is 10. The lowest BCUT2D eigenvalue weighted by Crippen LogP contribution is -2.36. The van der Waals surface area contributed by atoms with Crippen molar-refractivity contribution in [2.75, 3.05) is 12.3 Å². The smallest absolute Gasteiger partial charge is 0.326 e. The lowest BCUT2D eigenvalue weighted by atomic mass is 10.2. The Hall–Kier alpha value is -1.50. The van der Waals surface area contributed by atoms with Crippen LogP contribution in [0.15, 0.2) is 12.7 Å². The number of carbonyl (C=O) groups excluding carboxylic acids is 2. The van der Waals surface area contributed by atoms with Gasteiger partial charge in [0.05, 0.1) is 5.25 Å².